The largest absolute Gasteiger partial charge is 0.388 e. The zero-order valence-electron chi connectivity index (χ0n) is 14.4. The molecule has 0 unspecified atom stereocenters. The summed E-state index contributed by atoms with van der Waals surface area (Å²) in [6.07, 6.45) is 1.67. The number of nitrogens with one attached hydrogen (secondary N) is 2. The van der Waals surface area contributed by atoms with Crippen LogP contribution in [0.15, 0.2) is 42.7 Å². The van der Waals surface area contributed by atoms with Crippen LogP contribution in [0.5, 0.6) is 0 Å². The van der Waals surface area contributed by atoms with Crippen LogP contribution in [0.3, 0.4) is 0 Å². The summed E-state index contributed by atoms with van der Waals surface area (Å²) in [6, 6.07) is 8.25. The predicted molar refractivity (Wildman–Crippen MR) is 92.2 cm³/mol. The molecule has 3 heterocycles. The van der Waals surface area contributed by atoms with Crippen molar-refractivity contribution in [1.82, 2.24) is 20.2 Å². The number of benzene rings is 1. The second kappa shape index (κ2) is 7.06. The molecule has 4 rings (SSSR count). The first kappa shape index (κ1) is 17.0. The van der Waals surface area contributed by atoms with E-state index in [0.717, 1.165) is 11.4 Å². The molecule has 2 amide bonds. The van der Waals surface area contributed by atoms with Gasteiger partial charge in [0.1, 0.15) is 24.1 Å². The molecule has 1 aromatic heterocycles. The number of aliphatic hydroxyl groups is 1. The maximum atomic E-state index is 12.3. The molecule has 8 heteroatoms. The molecule has 2 bridgehead atoms. The summed E-state index contributed by atoms with van der Waals surface area (Å²) >= 11 is 0. The van der Waals surface area contributed by atoms with Crippen LogP contribution >= 0.6 is 0 Å². The minimum Gasteiger partial charge on any atom is -0.388 e. The second-order valence-electron chi connectivity index (χ2n) is 6.58. The summed E-state index contributed by atoms with van der Waals surface area (Å²) in [4.78, 5) is 16.5. The molecule has 2 saturated heterocycles. The summed E-state index contributed by atoms with van der Waals surface area (Å²) in [5.74, 6) is 0.749. The fraction of sp³-hybridized carbons (Fsp3) is 0.444. The smallest absolute Gasteiger partial charge is 0.315 e. The lowest BCUT2D eigenvalue weighted by molar-refractivity contribution is -0.164. The van der Waals surface area contributed by atoms with Gasteiger partial charge in [-0.05, 0) is 12.5 Å². The molecule has 5 atom stereocenters. The average molecular weight is 358 g/mol. The van der Waals surface area contributed by atoms with Crippen LogP contribution in [-0.4, -0.2) is 51.8 Å². The number of hydrogen-bond donors (Lipinski definition) is 3. The van der Waals surface area contributed by atoms with Crippen LogP contribution in [0.25, 0.3) is 0 Å². The molecule has 0 saturated carbocycles. The standard InChI is InChI=1S/C18H22N4O4/c1-11-19-7-8-22(11)15-16(23)14(13-10-25-17(15)26-13)21-18(24)20-9-12-5-3-2-4-6-12/h2-8,13-17,23H,9-10H2,1H3,(H2,20,21,24)/t13-,14-,15-,16+,17-/m1/s1. The number of aromatic nitrogens is 2. The predicted octanol–water partition coefficient (Wildman–Crippen LogP) is 0.717. The van der Waals surface area contributed by atoms with Crippen LogP contribution in [0.2, 0.25) is 0 Å². The fourth-order valence-electron chi connectivity index (χ4n) is 3.56. The zero-order valence-corrected chi connectivity index (χ0v) is 14.4. The Hall–Kier alpha value is -2.42. The van der Waals surface area contributed by atoms with Crippen molar-refractivity contribution in [2.24, 2.45) is 0 Å². The van der Waals surface area contributed by atoms with Gasteiger partial charge in [0, 0.05) is 18.9 Å². The zero-order chi connectivity index (χ0) is 18.1. The van der Waals surface area contributed by atoms with E-state index in [2.05, 4.69) is 15.6 Å². The maximum absolute atomic E-state index is 12.3. The van der Waals surface area contributed by atoms with Crippen molar-refractivity contribution in [3.05, 3.63) is 54.1 Å². The van der Waals surface area contributed by atoms with Gasteiger partial charge in [0.15, 0.2) is 6.29 Å². The van der Waals surface area contributed by atoms with Crippen LogP contribution in [-0.2, 0) is 16.0 Å². The number of ether oxygens (including phenoxy) is 2. The number of hydrogen-bond acceptors (Lipinski definition) is 5. The molecule has 2 aliphatic rings. The Kier molecular flexibility index (Phi) is 4.62. The first-order chi connectivity index (χ1) is 12.6. The molecule has 8 nitrogen and oxygen atoms in total. The minimum atomic E-state index is -0.850. The summed E-state index contributed by atoms with van der Waals surface area (Å²) in [6.45, 7) is 2.59. The summed E-state index contributed by atoms with van der Waals surface area (Å²) < 4.78 is 13.4. The minimum absolute atomic E-state index is 0.329. The van der Waals surface area contributed by atoms with Gasteiger partial charge < -0.3 is 29.8 Å². The highest BCUT2D eigenvalue weighted by atomic mass is 16.7. The number of fused-ring (bicyclic) bond motifs is 2. The number of amides is 2. The Morgan fingerprint density at radius 1 is 1.38 bits per heavy atom. The van der Waals surface area contributed by atoms with Gasteiger partial charge in [0.25, 0.3) is 0 Å². The van der Waals surface area contributed by atoms with E-state index in [1.165, 1.54) is 0 Å². The van der Waals surface area contributed by atoms with Crippen molar-refractivity contribution in [3.63, 3.8) is 0 Å². The molecule has 3 N–H and O–H groups in total. The van der Waals surface area contributed by atoms with E-state index in [1.807, 2.05) is 41.8 Å². The third-order valence-corrected chi connectivity index (χ3v) is 4.91. The molecule has 1 aromatic carbocycles. The van der Waals surface area contributed by atoms with E-state index >= 15 is 0 Å². The van der Waals surface area contributed by atoms with Crippen molar-refractivity contribution < 1.29 is 19.4 Å². The molecule has 26 heavy (non-hydrogen) atoms. The van der Waals surface area contributed by atoms with Gasteiger partial charge in [-0.3, -0.25) is 0 Å². The number of carbonyl (C=O) groups is 1. The topological polar surface area (TPSA) is 97.6 Å². The Bertz CT molecular complexity index is 766. The molecule has 2 aliphatic heterocycles. The first-order valence-electron chi connectivity index (χ1n) is 8.66. The van der Waals surface area contributed by atoms with Crippen LogP contribution in [0.1, 0.15) is 17.4 Å². The van der Waals surface area contributed by atoms with Gasteiger partial charge >= 0.3 is 6.03 Å². The van der Waals surface area contributed by atoms with Gasteiger partial charge in [-0.15, -0.1) is 0 Å². The van der Waals surface area contributed by atoms with E-state index in [0.29, 0.717) is 13.2 Å². The highest BCUT2D eigenvalue weighted by molar-refractivity contribution is 5.74. The summed E-state index contributed by atoms with van der Waals surface area (Å²) in [5, 5.41) is 16.5. The number of nitrogens with zero attached hydrogens (tertiary/aromatic N) is 2. The highest BCUT2D eigenvalue weighted by Crippen LogP contribution is 2.36. The van der Waals surface area contributed by atoms with Crippen molar-refractivity contribution in [2.75, 3.05) is 6.61 Å². The van der Waals surface area contributed by atoms with E-state index in [1.54, 1.807) is 12.4 Å². The van der Waals surface area contributed by atoms with Gasteiger partial charge in [0.05, 0.1) is 12.6 Å². The highest BCUT2D eigenvalue weighted by Gasteiger charge is 2.51. The number of rotatable bonds is 4. The summed E-state index contributed by atoms with van der Waals surface area (Å²) in [7, 11) is 0. The SMILES string of the molecule is Cc1nccn1[C@H]1[C@@H]2OC[C@@H](O2)[C@@H](NC(=O)NCc2ccccc2)[C@@H]1O. The number of aliphatic hydroxyl groups excluding tert-OH is 1. The average Bonchev–Trinajstić information content (AvgIpc) is 3.26. The third kappa shape index (κ3) is 3.18. The van der Waals surface area contributed by atoms with E-state index < -0.39 is 24.5 Å². The Balaban J connectivity index is 1.44. The van der Waals surface area contributed by atoms with Crippen LogP contribution in [0, 0.1) is 6.92 Å². The van der Waals surface area contributed by atoms with E-state index in [-0.39, 0.29) is 12.1 Å². The van der Waals surface area contributed by atoms with Crippen molar-refractivity contribution in [2.45, 2.75) is 44.1 Å². The van der Waals surface area contributed by atoms with Crippen LogP contribution < -0.4 is 10.6 Å². The number of urea groups is 1. The molecule has 0 aliphatic carbocycles. The lowest BCUT2D eigenvalue weighted by Gasteiger charge is -2.39. The quantitative estimate of drug-likeness (QED) is 0.748. The molecule has 2 fully saturated rings. The molecule has 138 valence electrons. The van der Waals surface area contributed by atoms with E-state index in [4.69, 9.17) is 9.47 Å². The second-order valence-corrected chi connectivity index (χ2v) is 6.58. The lowest BCUT2D eigenvalue weighted by Crippen LogP contribution is -2.60. The Labute approximate surface area is 151 Å². The fourth-order valence-corrected chi connectivity index (χ4v) is 3.56. The third-order valence-electron chi connectivity index (χ3n) is 4.91. The van der Waals surface area contributed by atoms with Gasteiger partial charge in [-0.25, -0.2) is 9.78 Å². The van der Waals surface area contributed by atoms with Crippen molar-refractivity contribution >= 4 is 6.03 Å². The molecule has 2 aromatic rings. The van der Waals surface area contributed by atoms with E-state index in [9.17, 15) is 9.90 Å². The maximum Gasteiger partial charge on any atom is 0.315 e. The summed E-state index contributed by atoms with van der Waals surface area (Å²) in [5.41, 5.74) is 0.999. The van der Waals surface area contributed by atoms with Gasteiger partial charge in [0.2, 0.25) is 0 Å². The molecule has 0 radical (unpaired) electrons. The lowest BCUT2D eigenvalue weighted by atomic mass is 9.96. The molecule has 0 spiro atoms. The van der Waals surface area contributed by atoms with Crippen molar-refractivity contribution in [3.8, 4) is 0 Å². The molecular weight excluding hydrogens is 336 g/mol. The Morgan fingerprint density at radius 3 is 2.92 bits per heavy atom. The van der Waals surface area contributed by atoms with Gasteiger partial charge in [-0.2, -0.15) is 0 Å². The number of aryl methyl sites for hydroxylation is 1. The van der Waals surface area contributed by atoms with Crippen molar-refractivity contribution in [1.29, 1.82) is 0 Å². The molecular formula is C18H22N4O4. The number of imidazole rings is 1. The normalized spacial score (nSPS) is 30.2. The van der Waals surface area contributed by atoms with Crippen LogP contribution in [0.4, 0.5) is 4.79 Å². The Morgan fingerprint density at radius 2 is 2.19 bits per heavy atom. The monoisotopic (exact) mass is 358 g/mol. The van der Waals surface area contributed by atoms with Gasteiger partial charge in [-0.1, -0.05) is 30.3 Å². The number of carbonyl (C=O) groups excluding carboxylic acids is 1. The first-order valence-corrected chi connectivity index (χ1v) is 8.66.